The summed E-state index contributed by atoms with van der Waals surface area (Å²) in [5, 5.41) is 12.2. The van der Waals surface area contributed by atoms with Crippen LogP contribution in [0.1, 0.15) is 40.0 Å². The van der Waals surface area contributed by atoms with E-state index < -0.39 is 0 Å². The molecule has 3 rings (SSSR count). The van der Waals surface area contributed by atoms with Crippen molar-refractivity contribution in [1.82, 2.24) is 15.1 Å². The van der Waals surface area contributed by atoms with E-state index in [2.05, 4.69) is 34.3 Å². The molecule has 1 amide bonds. The summed E-state index contributed by atoms with van der Waals surface area (Å²) in [6, 6.07) is 8.28. The van der Waals surface area contributed by atoms with Crippen molar-refractivity contribution in [3.63, 3.8) is 0 Å². The topological polar surface area (TPSA) is 67.3 Å². The van der Waals surface area contributed by atoms with Crippen molar-refractivity contribution < 1.29 is 9.53 Å². The Balaban J connectivity index is 1.64. The summed E-state index contributed by atoms with van der Waals surface area (Å²) in [7, 11) is 1.64. The number of carbonyl (C=O) groups excluding carboxylic acids is 1. The molecule has 0 unspecified atom stereocenters. The molecule has 1 saturated heterocycles. The monoisotopic (exact) mass is 406 g/mol. The number of hydrogen-bond donors (Lipinski definition) is 1. The van der Waals surface area contributed by atoms with Crippen LogP contribution in [-0.2, 0) is 4.79 Å². The lowest BCUT2D eigenvalue weighted by atomic mass is 9.97. The van der Waals surface area contributed by atoms with E-state index >= 15 is 0 Å². The number of ether oxygens (including phenoxy) is 1. The first-order valence-electron chi connectivity index (χ1n) is 9.22. The van der Waals surface area contributed by atoms with E-state index in [1.165, 1.54) is 29.5 Å². The number of amides is 1. The highest BCUT2D eigenvalue weighted by molar-refractivity contribution is 8.02. The maximum Gasteiger partial charge on any atom is 0.236 e. The lowest BCUT2D eigenvalue weighted by Gasteiger charge is -2.40. The van der Waals surface area contributed by atoms with Crippen molar-refractivity contribution in [3.8, 4) is 5.75 Å². The Morgan fingerprint density at radius 1 is 1.30 bits per heavy atom. The molecule has 146 valence electrons. The summed E-state index contributed by atoms with van der Waals surface area (Å²) >= 11 is 2.92. The predicted octanol–water partition coefficient (Wildman–Crippen LogP) is 4.56. The van der Waals surface area contributed by atoms with E-state index in [1.54, 1.807) is 7.11 Å². The molecule has 0 aliphatic carbocycles. The summed E-state index contributed by atoms with van der Waals surface area (Å²) < 4.78 is 6.13. The van der Waals surface area contributed by atoms with E-state index in [4.69, 9.17) is 4.74 Å². The van der Waals surface area contributed by atoms with Gasteiger partial charge in [-0.1, -0.05) is 35.2 Å². The first kappa shape index (κ1) is 19.9. The van der Waals surface area contributed by atoms with Gasteiger partial charge in [-0.15, -0.1) is 10.2 Å². The number of piperidine rings is 1. The fourth-order valence-corrected chi connectivity index (χ4v) is 5.40. The molecule has 27 heavy (non-hydrogen) atoms. The van der Waals surface area contributed by atoms with Crippen molar-refractivity contribution in [3.05, 3.63) is 24.3 Å². The number of thioether (sulfide) groups is 1. The molecule has 3 atom stereocenters. The van der Waals surface area contributed by atoms with Crippen LogP contribution < -0.4 is 10.1 Å². The summed E-state index contributed by atoms with van der Waals surface area (Å²) in [6.07, 6.45) is 3.36. The number of nitrogens with one attached hydrogen (secondary N) is 1. The summed E-state index contributed by atoms with van der Waals surface area (Å²) in [6.45, 7) is 6.24. The average Bonchev–Trinajstić information content (AvgIpc) is 3.08. The van der Waals surface area contributed by atoms with Gasteiger partial charge in [-0.25, -0.2) is 0 Å². The van der Waals surface area contributed by atoms with Crippen molar-refractivity contribution in [2.45, 2.75) is 61.7 Å². The van der Waals surface area contributed by atoms with Crippen molar-refractivity contribution >= 4 is 39.8 Å². The second-order valence-corrected chi connectivity index (χ2v) is 9.40. The van der Waals surface area contributed by atoms with E-state index in [0.717, 1.165) is 28.6 Å². The Morgan fingerprint density at radius 2 is 2.00 bits per heavy atom. The molecule has 8 heteroatoms. The second kappa shape index (κ2) is 8.93. The first-order chi connectivity index (χ1) is 13.0. The number of methoxy groups -OCH3 is 1. The minimum Gasteiger partial charge on any atom is -0.495 e. The van der Waals surface area contributed by atoms with Crippen LogP contribution in [0.2, 0.25) is 0 Å². The van der Waals surface area contributed by atoms with Gasteiger partial charge in [0.05, 0.1) is 18.0 Å². The SMILES string of the molecule is COc1ccccc1Nc1nnc(S[C@H](C)C(=O)N2[C@@H](C)CCC[C@@H]2C)s1. The van der Waals surface area contributed by atoms with Gasteiger partial charge in [0.25, 0.3) is 0 Å². The summed E-state index contributed by atoms with van der Waals surface area (Å²) in [4.78, 5) is 15.0. The molecule has 1 fully saturated rings. The Bertz CT molecular complexity index is 773. The van der Waals surface area contributed by atoms with Crippen LogP contribution in [0.4, 0.5) is 10.8 Å². The molecule has 0 bridgehead atoms. The lowest BCUT2D eigenvalue weighted by Crippen LogP contribution is -2.50. The maximum atomic E-state index is 12.9. The number of rotatable bonds is 6. The fourth-order valence-electron chi connectivity index (χ4n) is 3.44. The van der Waals surface area contributed by atoms with Crippen LogP contribution in [0.3, 0.4) is 0 Å². The Morgan fingerprint density at radius 3 is 2.70 bits per heavy atom. The highest BCUT2D eigenvalue weighted by atomic mass is 32.2. The second-order valence-electron chi connectivity index (χ2n) is 6.83. The zero-order valence-corrected chi connectivity index (χ0v) is 17.8. The Hall–Kier alpha value is -1.80. The molecule has 1 aliphatic rings. The van der Waals surface area contributed by atoms with Crippen molar-refractivity contribution in [2.75, 3.05) is 12.4 Å². The smallest absolute Gasteiger partial charge is 0.236 e. The van der Waals surface area contributed by atoms with Gasteiger partial charge in [-0.3, -0.25) is 4.79 Å². The number of likely N-dealkylation sites (tertiary alicyclic amines) is 1. The fraction of sp³-hybridized carbons (Fsp3) is 0.526. The van der Waals surface area contributed by atoms with Crippen LogP contribution in [0.15, 0.2) is 28.6 Å². The largest absolute Gasteiger partial charge is 0.495 e. The lowest BCUT2D eigenvalue weighted by molar-refractivity contribution is -0.136. The van der Waals surface area contributed by atoms with Gasteiger partial charge < -0.3 is 15.0 Å². The van der Waals surface area contributed by atoms with Gasteiger partial charge in [0.15, 0.2) is 4.34 Å². The standard InChI is InChI=1S/C19H26N4O2S2/c1-12-8-7-9-13(2)23(12)17(24)14(3)26-19-22-21-18(27-19)20-15-10-5-6-11-16(15)25-4/h5-6,10-14H,7-9H2,1-4H3,(H,20,21)/t12-,13-,14+/m0/s1. The molecule has 0 saturated carbocycles. The van der Waals surface area contributed by atoms with Crippen LogP contribution in [0.5, 0.6) is 5.75 Å². The molecule has 1 aromatic heterocycles. The molecule has 1 N–H and O–H groups in total. The molecular formula is C19H26N4O2S2. The Kier molecular flexibility index (Phi) is 6.59. The van der Waals surface area contributed by atoms with E-state index in [0.29, 0.717) is 17.2 Å². The highest BCUT2D eigenvalue weighted by Crippen LogP contribution is 2.34. The van der Waals surface area contributed by atoms with Gasteiger partial charge in [-0.2, -0.15) is 0 Å². The third-order valence-corrected chi connectivity index (χ3v) is 6.84. The molecule has 1 aliphatic heterocycles. The third kappa shape index (κ3) is 4.73. The number of hydrogen-bond acceptors (Lipinski definition) is 7. The number of benzene rings is 1. The van der Waals surface area contributed by atoms with Gasteiger partial charge >= 0.3 is 0 Å². The van der Waals surface area contributed by atoms with Crippen LogP contribution in [0.25, 0.3) is 0 Å². The summed E-state index contributed by atoms with van der Waals surface area (Å²) in [5.74, 6) is 0.938. The quantitative estimate of drug-likeness (QED) is 0.709. The van der Waals surface area contributed by atoms with Crippen molar-refractivity contribution in [2.24, 2.45) is 0 Å². The number of nitrogens with zero attached hydrogens (tertiary/aromatic N) is 3. The molecule has 0 spiro atoms. The molecule has 6 nitrogen and oxygen atoms in total. The number of carbonyl (C=O) groups is 1. The molecule has 2 heterocycles. The van der Waals surface area contributed by atoms with Gasteiger partial charge in [-0.05, 0) is 52.2 Å². The van der Waals surface area contributed by atoms with Crippen LogP contribution in [0, 0.1) is 0 Å². The van der Waals surface area contributed by atoms with Crippen molar-refractivity contribution in [1.29, 1.82) is 0 Å². The maximum absolute atomic E-state index is 12.9. The highest BCUT2D eigenvalue weighted by Gasteiger charge is 2.32. The number of para-hydroxylation sites is 2. The van der Waals surface area contributed by atoms with E-state index in [-0.39, 0.29) is 11.2 Å². The Labute approximate surface area is 168 Å². The molecule has 0 radical (unpaired) electrons. The van der Waals surface area contributed by atoms with Gasteiger partial charge in [0.2, 0.25) is 11.0 Å². The molecule has 1 aromatic carbocycles. The van der Waals surface area contributed by atoms with E-state index in [9.17, 15) is 4.79 Å². The van der Waals surface area contributed by atoms with Gasteiger partial charge in [0.1, 0.15) is 5.75 Å². The predicted molar refractivity (Wildman–Crippen MR) is 111 cm³/mol. The average molecular weight is 407 g/mol. The van der Waals surface area contributed by atoms with E-state index in [1.807, 2.05) is 31.2 Å². The molecular weight excluding hydrogens is 380 g/mol. The normalized spacial score (nSPS) is 21.0. The minimum absolute atomic E-state index is 0.180. The minimum atomic E-state index is -0.180. The number of aromatic nitrogens is 2. The first-order valence-corrected chi connectivity index (χ1v) is 10.9. The molecule has 2 aromatic rings. The zero-order chi connectivity index (χ0) is 19.4. The summed E-state index contributed by atoms with van der Waals surface area (Å²) in [5.41, 5.74) is 0.841. The van der Waals surface area contributed by atoms with Gasteiger partial charge in [0, 0.05) is 12.1 Å². The zero-order valence-electron chi connectivity index (χ0n) is 16.1. The van der Waals surface area contributed by atoms with Crippen LogP contribution in [-0.4, -0.2) is 45.4 Å². The number of anilines is 2. The van der Waals surface area contributed by atoms with Crippen LogP contribution >= 0.6 is 23.1 Å². The third-order valence-electron chi connectivity index (χ3n) is 4.83.